The molecule has 2 N–H and O–H groups in total. The Morgan fingerprint density at radius 1 is 1.45 bits per heavy atom. The Morgan fingerprint density at radius 2 is 2.20 bits per heavy atom. The van der Waals surface area contributed by atoms with E-state index < -0.39 is 0 Å². The van der Waals surface area contributed by atoms with Gasteiger partial charge in [0.1, 0.15) is 5.82 Å². The molecular formula is C15H28N4O. The molecule has 0 spiro atoms. The molecule has 1 unspecified atom stereocenters. The lowest BCUT2D eigenvalue weighted by Crippen LogP contribution is -2.34. The van der Waals surface area contributed by atoms with E-state index >= 15 is 0 Å². The van der Waals surface area contributed by atoms with E-state index in [-0.39, 0.29) is 12.6 Å². The normalized spacial score (nSPS) is 19.3. The molecule has 0 bridgehead atoms. The van der Waals surface area contributed by atoms with Crippen LogP contribution in [-0.2, 0) is 13.6 Å². The van der Waals surface area contributed by atoms with Crippen molar-refractivity contribution in [1.82, 2.24) is 15.1 Å². The van der Waals surface area contributed by atoms with Crippen molar-refractivity contribution in [3.8, 4) is 0 Å². The van der Waals surface area contributed by atoms with Crippen molar-refractivity contribution in [2.45, 2.75) is 46.2 Å². The van der Waals surface area contributed by atoms with Crippen molar-refractivity contribution in [1.29, 1.82) is 0 Å². The molecule has 2 heterocycles. The minimum absolute atomic E-state index is 0.225. The van der Waals surface area contributed by atoms with Gasteiger partial charge in [0.25, 0.3) is 0 Å². The van der Waals surface area contributed by atoms with E-state index in [1.54, 1.807) is 0 Å². The molecule has 1 fully saturated rings. The van der Waals surface area contributed by atoms with Crippen LogP contribution in [0.3, 0.4) is 0 Å². The van der Waals surface area contributed by atoms with Crippen molar-refractivity contribution in [2.75, 3.05) is 24.6 Å². The van der Waals surface area contributed by atoms with Gasteiger partial charge >= 0.3 is 0 Å². The summed E-state index contributed by atoms with van der Waals surface area (Å²) in [4.78, 5) is 2.33. The Hall–Kier alpha value is -1.07. The molecule has 20 heavy (non-hydrogen) atoms. The summed E-state index contributed by atoms with van der Waals surface area (Å²) in [6.45, 7) is 9.60. The Labute approximate surface area is 122 Å². The lowest BCUT2D eigenvalue weighted by molar-refractivity contribution is 0.265. The van der Waals surface area contributed by atoms with Crippen molar-refractivity contribution in [3.63, 3.8) is 0 Å². The smallest absolute Gasteiger partial charge is 0.131 e. The van der Waals surface area contributed by atoms with Gasteiger partial charge in [-0.25, -0.2) is 0 Å². The Morgan fingerprint density at radius 3 is 2.85 bits per heavy atom. The summed E-state index contributed by atoms with van der Waals surface area (Å²) in [5.41, 5.74) is 2.36. The van der Waals surface area contributed by atoms with Crippen molar-refractivity contribution >= 4 is 5.82 Å². The molecule has 1 aliphatic heterocycles. The highest BCUT2D eigenvalue weighted by atomic mass is 16.3. The first-order chi connectivity index (χ1) is 9.54. The molecule has 0 aliphatic carbocycles. The highest BCUT2D eigenvalue weighted by Gasteiger charge is 2.29. The summed E-state index contributed by atoms with van der Waals surface area (Å²) in [7, 11) is 2.00. The highest BCUT2D eigenvalue weighted by Crippen LogP contribution is 2.30. The quantitative estimate of drug-likeness (QED) is 0.828. The van der Waals surface area contributed by atoms with E-state index in [1.807, 2.05) is 11.7 Å². The number of nitrogens with zero attached hydrogens (tertiary/aromatic N) is 3. The van der Waals surface area contributed by atoms with E-state index in [4.69, 9.17) is 0 Å². The van der Waals surface area contributed by atoms with Crippen molar-refractivity contribution in [3.05, 3.63) is 11.3 Å². The second kappa shape index (κ2) is 6.59. The van der Waals surface area contributed by atoms with Crippen LogP contribution in [0, 0.1) is 12.8 Å². The Bertz CT molecular complexity index is 441. The first-order valence-electron chi connectivity index (χ1n) is 7.65. The highest BCUT2D eigenvalue weighted by molar-refractivity contribution is 5.52. The monoisotopic (exact) mass is 280 g/mol. The summed E-state index contributed by atoms with van der Waals surface area (Å²) in [6, 6.07) is 0.244. The molecule has 0 saturated carbocycles. The van der Waals surface area contributed by atoms with E-state index in [9.17, 15) is 5.11 Å². The van der Waals surface area contributed by atoms with Crippen LogP contribution in [-0.4, -0.2) is 40.6 Å². The fourth-order valence-corrected chi connectivity index (χ4v) is 3.05. The number of aliphatic hydroxyl groups is 1. The van der Waals surface area contributed by atoms with E-state index in [0.717, 1.165) is 38.2 Å². The number of hydrogen-bond donors (Lipinski definition) is 2. The third kappa shape index (κ3) is 3.15. The number of nitrogens with one attached hydrogen (secondary N) is 1. The van der Waals surface area contributed by atoms with Gasteiger partial charge in [0.05, 0.1) is 18.3 Å². The van der Waals surface area contributed by atoms with Gasteiger partial charge in [-0.05, 0) is 32.2 Å². The lowest BCUT2D eigenvalue weighted by Gasteiger charge is -2.26. The van der Waals surface area contributed by atoms with Gasteiger partial charge in [-0.1, -0.05) is 13.8 Å². The summed E-state index contributed by atoms with van der Waals surface area (Å²) in [5, 5.41) is 17.6. The van der Waals surface area contributed by atoms with Crippen LogP contribution in [0.25, 0.3) is 0 Å². The summed E-state index contributed by atoms with van der Waals surface area (Å²) < 4.78 is 1.97. The molecule has 1 saturated heterocycles. The SMILES string of the molecule is Cc1nn(C)c(N2CCCC2CO)c1CNCC(C)C. The summed E-state index contributed by atoms with van der Waals surface area (Å²) in [6.07, 6.45) is 2.22. The second-order valence-electron chi connectivity index (χ2n) is 6.21. The van der Waals surface area contributed by atoms with Gasteiger partial charge in [-0.2, -0.15) is 5.10 Å². The molecule has 1 aromatic rings. The van der Waals surface area contributed by atoms with E-state index in [1.165, 1.54) is 11.4 Å². The number of rotatable bonds is 6. The standard InChI is InChI=1S/C15H28N4O/c1-11(2)8-16-9-14-12(3)17-18(4)15(14)19-7-5-6-13(19)10-20/h11,13,16,20H,5-10H2,1-4H3. The average Bonchev–Trinajstić information content (AvgIpc) is 2.94. The molecule has 5 heteroatoms. The number of aromatic nitrogens is 2. The fourth-order valence-electron chi connectivity index (χ4n) is 3.05. The van der Waals surface area contributed by atoms with Gasteiger partial charge in [-0.15, -0.1) is 0 Å². The molecule has 114 valence electrons. The third-order valence-electron chi connectivity index (χ3n) is 4.03. The Balaban J connectivity index is 2.18. The summed E-state index contributed by atoms with van der Waals surface area (Å²) in [5.74, 6) is 1.82. The van der Waals surface area contributed by atoms with Crippen LogP contribution >= 0.6 is 0 Å². The molecule has 0 aromatic carbocycles. The van der Waals surface area contributed by atoms with Gasteiger partial charge < -0.3 is 15.3 Å². The number of aryl methyl sites for hydroxylation is 2. The first-order valence-corrected chi connectivity index (χ1v) is 7.65. The predicted molar refractivity (Wildman–Crippen MR) is 81.9 cm³/mol. The van der Waals surface area contributed by atoms with E-state index in [2.05, 4.69) is 36.1 Å². The molecule has 1 aliphatic rings. The zero-order valence-corrected chi connectivity index (χ0v) is 13.2. The van der Waals surface area contributed by atoms with Crippen LogP contribution < -0.4 is 10.2 Å². The maximum absolute atomic E-state index is 9.55. The van der Waals surface area contributed by atoms with Gasteiger partial charge in [0, 0.05) is 25.7 Å². The molecule has 2 rings (SSSR count). The summed E-state index contributed by atoms with van der Waals surface area (Å²) >= 11 is 0. The van der Waals surface area contributed by atoms with Gasteiger partial charge in [-0.3, -0.25) is 4.68 Å². The number of hydrogen-bond acceptors (Lipinski definition) is 4. The molecule has 5 nitrogen and oxygen atoms in total. The molecule has 0 amide bonds. The minimum Gasteiger partial charge on any atom is -0.394 e. The zero-order valence-electron chi connectivity index (χ0n) is 13.2. The molecular weight excluding hydrogens is 252 g/mol. The van der Waals surface area contributed by atoms with Crippen LogP contribution in [0.5, 0.6) is 0 Å². The number of aliphatic hydroxyl groups excluding tert-OH is 1. The first kappa shape index (κ1) is 15.3. The van der Waals surface area contributed by atoms with Crippen molar-refractivity contribution in [2.24, 2.45) is 13.0 Å². The van der Waals surface area contributed by atoms with Crippen LogP contribution in [0.4, 0.5) is 5.82 Å². The van der Waals surface area contributed by atoms with E-state index in [0.29, 0.717) is 5.92 Å². The third-order valence-corrected chi connectivity index (χ3v) is 4.03. The molecule has 1 atom stereocenters. The maximum atomic E-state index is 9.55. The average molecular weight is 280 g/mol. The molecule has 0 radical (unpaired) electrons. The maximum Gasteiger partial charge on any atom is 0.131 e. The Kier molecular flexibility index (Phi) is 5.05. The van der Waals surface area contributed by atoms with Crippen molar-refractivity contribution < 1.29 is 5.11 Å². The molecule has 1 aromatic heterocycles. The largest absolute Gasteiger partial charge is 0.394 e. The fraction of sp³-hybridized carbons (Fsp3) is 0.800. The zero-order chi connectivity index (χ0) is 14.7. The van der Waals surface area contributed by atoms with Crippen LogP contribution in [0.1, 0.15) is 37.9 Å². The second-order valence-corrected chi connectivity index (χ2v) is 6.21. The van der Waals surface area contributed by atoms with Crippen LogP contribution in [0.15, 0.2) is 0 Å². The minimum atomic E-state index is 0.225. The number of anilines is 1. The lowest BCUT2D eigenvalue weighted by atomic mass is 10.2. The van der Waals surface area contributed by atoms with Gasteiger partial charge in [0.15, 0.2) is 0 Å². The van der Waals surface area contributed by atoms with Crippen LogP contribution in [0.2, 0.25) is 0 Å². The topological polar surface area (TPSA) is 53.3 Å². The van der Waals surface area contributed by atoms with Gasteiger partial charge in [0.2, 0.25) is 0 Å². The predicted octanol–water partition coefficient (Wildman–Crippen LogP) is 1.44.